The summed E-state index contributed by atoms with van der Waals surface area (Å²) in [6.07, 6.45) is 0.740. The number of imide groups is 1. The number of halogens is 1. The number of hydrogen-bond acceptors (Lipinski definition) is 6. The van der Waals surface area contributed by atoms with Gasteiger partial charge >= 0.3 is 6.03 Å². The number of hydrogen-bond donors (Lipinski definition) is 2. The predicted molar refractivity (Wildman–Crippen MR) is 86.8 cm³/mol. The maximum atomic E-state index is 12.2. The van der Waals surface area contributed by atoms with E-state index in [1.54, 1.807) is 27.0 Å². The summed E-state index contributed by atoms with van der Waals surface area (Å²) in [7, 11) is 1.60. The van der Waals surface area contributed by atoms with Gasteiger partial charge in [-0.15, -0.1) is 0 Å². The molecule has 0 aliphatic carbocycles. The summed E-state index contributed by atoms with van der Waals surface area (Å²) in [5, 5.41) is 13.0. The minimum atomic E-state index is -0.577. The molecule has 2 N–H and O–H groups in total. The van der Waals surface area contributed by atoms with E-state index < -0.39 is 24.3 Å². The Hall–Kier alpha value is -1.25. The Morgan fingerprint density at radius 2 is 2.27 bits per heavy atom. The highest BCUT2D eigenvalue weighted by molar-refractivity contribution is 8.13. The van der Waals surface area contributed by atoms with Crippen LogP contribution in [0.1, 0.15) is 13.8 Å². The number of allylic oxidation sites excluding steroid dienone is 1. The fraction of sp³-hybridized carbons (Fsp3) is 0.615. The lowest BCUT2D eigenvalue weighted by molar-refractivity contribution is -0.126. The zero-order valence-corrected chi connectivity index (χ0v) is 14.2. The molecular formula is C13H19ClN4O3S. The van der Waals surface area contributed by atoms with Gasteiger partial charge in [-0.05, 0) is 13.8 Å². The van der Waals surface area contributed by atoms with Crippen molar-refractivity contribution < 1.29 is 14.7 Å². The van der Waals surface area contributed by atoms with Crippen LogP contribution in [-0.4, -0.2) is 69.7 Å². The molecule has 3 amide bonds. The standard InChI is InChI=1S/C13H19ClN4O3S/c1-7(14)4-5-18-9-10(15-13(18)22-6-8(2)19)17(3)12(21)16-11(9)20/h4,8-10,19H,5-6H2,1-3H3,(H,16,20,21)/b7-4-. The lowest BCUT2D eigenvalue weighted by Crippen LogP contribution is -2.63. The van der Waals surface area contributed by atoms with E-state index in [-0.39, 0.29) is 5.91 Å². The van der Waals surface area contributed by atoms with Gasteiger partial charge in [0.2, 0.25) is 0 Å². The Labute approximate surface area is 138 Å². The van der Waals surface area contributed by atoms with Crippen molar-refractivity contribution in [3.05, 3.63) is 11.1 Å². The number of nitrogens with zero attached hydrogens (tertiary/aromatic N) is 3. The van der Waals surface area contributed by atoms with E-state index in [9.17, 15) is 14.7 Å². The minimum Gasteiger partial charge on any atom is -0.393 e. The van der Waals surface area contributed by atoms with Crippen LogP contribution < -0.4 is 5.32 Å². The topological polar surface area (TPSA) is 85.2 Å². The molecule has 0 aromatic carbocycles. The van der Waals surface area contributed by atoms with Gasteiger partial charge in [0.25, 0.3) is 5.91 Å². The minimum absolute atomic E-state index is 0.370. The van der Waals surface area contributed by atoms with Gasteiger partial charge in [-0.25, -0.2) is 9.79 Å². The quantitative estimate of drug-likeness (QED) is 0.786. The second kappa shape index (κ2) is 6.89. The first-order valence-electron chi connectivity index (χ1n) is 6.86. The number of carbonyl (C=O) groups excluding carboxylic acids is 2. The van der Waals surface area contributed by atoms with E-state index in [0.717, 1.165) is 0 Å². The number of amidine groups is 1. The van der Waals surface area contributed by atoms with Gasteiger partial charge in [0.15, 0.2) is 17.4 Å². The molecule has 22 heavy (non-hydrogen) atoms. The van der Waals surface area contributed by atoms with Gasteiger partial charge in [0.1, 0.15) is 0 Å². The molecule has 2 heterocycles. The molecule has 0 spiro atoms. The zero-order valence-electron chi connectivity index (χ0n) is 12.6. The third kappa shape index (κ3) is 3.56. The van der Waals surface area contributed by atoms with Crippen LogP contribution in [-0.2, 0) is 4.79 Å². The van der Waals surface area contributed by atoms with Crippen molar-refractivity contribution in [1.82, 2.24) is 15.1 Å². The average molecular weight is 347 g/mol. The summed E-state index contributed by atoms with van der Waals surface area (Å²) >= 11 is 7.24. The van der Waals surface area contributed by atoms with E-state index in [4.69, 9.17) is 11.6 Å². The monoisotopic (exact) mass is 346 g/mol. The van der Waals surface area contributed by atoms with Gasteiger partial charge < -0.3 is 14.9 Å². The fourth-order valence-corrected chi connectivity index (χ4v) is 3.23. The highest BCUT2D eigenvalue weighted by Gasteiger charge is 2.48. The van der Waals surface area contributed by atoms with Gasteiger partial charge in [-0.1, -0.05) is 29.4 Å². The summed E-state index contributed by atoms with van der Waals surface area (Å²) in [5.41, 5.74) is 0. The Bertz CT molecular complexity index is 533. The lowest BCUT2D eigenvalue weighted by Gasteiger charge is -2.35. The van der Waals surface area contributed by atoms with Crippen LogP contribution in [0.5, 0.6) is 0 Å². The number of fused-ring (bicyclic) bond motifs is 1. The first-order chi connectivity index (χ1) is 10.3. The van der Waals surface area contributed by atoms with Gasteiger partial charge in [-0.3, -0.25) is 10.1 Å². The van der Waals surface area contributed by atoms with Crippen LogP contribution in [0, 0.1) is 0 Å². The molecule has 0 saturated carbocycles. The summed E-state index contributed by atoms with van der Waals surface area (Å²) < 4.78 is 0. The molecule has 0 radical (unpaired) electrons. The Morgan fingerprint density at radius 1 is 1.59 bits per heavy atom. The van der Waals surface area contributed by atoms with Crippen molar-refractivity contribution in [1.29, 1.82) is 0 Å². The van der Waals surface area contributed by atoms with Crippen LogP contribution in [0.4, 0.5) is 4.79 Å². The van der Waals surface area contributed by atoms with E-state index in [1.807, 2.05) is 4.90 Å². The van der Waals surface area contributed by atoms with Crippen LogP contribution in [0.15, 0.2) is 16.1 Å². The molecule has 0 bridgehead atoms. The molecule has 2 aliphatic heterocycles. The molecule has 0 aromatic heterocycles. The summed E-state index contributed by atoms with van der Waals surface area (Å²) in [6.45, 7) is 3.86. The van der Waals surface area contributed by atoms with Crippen molar-refractivity contribution in [3.8, 4) is 0 Å². The number of aliphatic imine (C=N–C) groups is 1. The summed E-state index contributed by atoms with van der Waals surface area (Å²) in [5.74, 6) is 0.0857. The van der Waals surface area contributed by atoms with Crippen molar-refractivity contribution in [2.75, 3.05) is 19.3 Å². The molecule has 1 fully saturated rings. The van der Waals surface area contributed by atoms with E-state index >= 15 is 0 Å². The SMILES string of the molecule is C/C(Cl)=C/CN1C(SCC(C)O)=NC2C1C(=O)NC(=O)N2C. The third-order valence-electron chi connectivity index (χ3n) is 3.35. The predicted octanol–water partition coefficient (Wildman–Crippen LogP) is 0.791. The number of aliphatic hydroxyl groups is 1. The zero-order chi connectivity index (χ0) is 16.4. The van der Waals surface area contributed by atoms with Crippen molar-refractivity contribution in [2.24, 2.45) is 4.99 Å². The Balaban J connectivity index is 2.25. The molecule has 122 valence electrons. The highest BCUT2D eigenvalue weighted by atomic mass is 35.5. The second-order valence-electron chi connectivity index (χ2n) is 5.28. The molecule has 7 nitrogen and oxygen atoms in total. The van der Waals surface area contributed by atoms with E-state index in [0.29, 0.717) is 22.5 Å². The highest BCUT2D eigenvalue weighted by Crippen LogP contribution is 2.28. The van der Waals surface area contributed by atoms with Crippen molar-refractivity contribution >= 4 is 40.5 Å². The number of amides is 3. The molecule has 9 heteroatoms. The van der Waals surface area contributed by atoms with Gasteiger partial charge in [0.05, 0.1) is 6.10 Å². The summed E-state index contributed by atoms with van der Waals surface area (Å²) in [4.78, 5) is 31.6. The molecule has 3 atom stereocenters. The first-order valence-corrected chi connectivity index (χ1v) is 8.23. The van der Waals surface area contributed by atoms with Gasteiger partial charge in [-0.2, -0.15) is 0 Å². The normalized spacial score (nSPS) is 26.8. The second-order valence-corrected chi connectivity index (χ2v) is 6.86. The van der Waals surface area contributed by atoms with Crippen LogP contribution in [0.25, 0.3) is 0 Å². The number of carbonyl (C=O) groups is 2. The number of thioether (sulfide) groups is 1. The Morgan fingerprint density at radius 3 is 2.86 bits per heavy atom. The smallest absolute Gasteiger partial charge is 0.325 e. The molecule has 0 aromatic rings. The van der Waals surface area contributed by atoms with Crippen molar-refractivity contribution in [3.63, 3.8) is 0 Å². The number of urea groups is 1. The van der Waals surface area contributed by atoms with Gasteiger partial charge in [0, 0.05) is 24.4 Å². The number of rotatable bonds is 4. The fourth-order valence-electron chi connectivity index (χ4n) is 2.23. The third-order valence-corrected chi connectivity index (χ3v) is 4.75. The average Bonchev–Trinajstić information content (AvgIpc) is 2.79. The molecular weight excluding hydrogens is 328 g/mol. The molecule has 2 rings (SSSR count). The maximum absolute atomic E-state index is 12.2. The van der Waals surface area contributed by atoms with E-state index in [1.165, 1.54) is 16.7 Å². The molecule has 2 aliphatic rings. The number of nitrogens with one attached hydrogen (secondary N) is 1. The number of aliphatic hydroxyl groups excluding tert-OH is 1. The van der Waals surface area contributed by atoms with E-state index in [2.05, 4.69) is 10.3 Å². The number of likely N-dealkylation sites (N-methyl/N-ethyl adjacent to an activating group) is 1. The van der Waals surface area contributed by atoms with Crippen molar-refractivity contribution in [2.45, 2.75) is 32.2 Å². The van der Waals surface area contributed by atoms with Crippen LogP contribution in [0.2, 0.25) is 0 Å². The maximum Gasteiger partial charge on any atom is 0.325 e. The largest absolute Gasteiger partial charge is 0.393 e. The summed E-state index contributed by atoms with van der Waals surface area (Å²) in [6, 6.07) is -1.03. The first kappa shape index (κ1) is 17.1. The molecule has 1 saturated heterocycles. The Kier molecular flexibility index (Phi) is 5.36. The van der Waals surface area contributed by atoms with Crippen LogP contribution in [0.3, 0.4) is 0 Å². The van der Waals surface area contributed by atoms with Crippen LogP contribution >= 0.6 is 23.4 Å². The lowest BCUT2D eigenvalue weighted by atomic mass is 10.1. The molecule has 3 unspecified atom stereocenters.